The number of halogens is 1. The van der Waals surface area contributed by atoms with Crippen molar-refractivity contribution in [2.75, 3.05) is 20.1 Å². The summed E-state index contributed by atoms with van der Waals surface area (Å²) in [7, 11) is 1.83. The topological polar surface area (TPSA) is 133 Å². The van der Waals surface area contributed by atoms with Crippen LogP contribution in [0.5, 0.6) is 0 Å². The van der Waals surface area contributed by atoms with Gasteiger partial charge in [-0.2, -0.15) is 0 Å². The predicted molar refractivity (Wildman–Crippen MR) is 126 cm³/mol. The van der Waals surface area contributed by atoms with E-state index in [2.05, 4.69) is 20.9 Å². The lowest BCUT2D eigenvalue weighted by atomic mass is 10.1. The van der Waals surface area contributed by atoms with Crippen molar-refractivity contribution in [3.63, 3.8) is 0 Å². The molecule has 3 fully saturated rings. The van der Waals surface area contributed by atoms with E-state index in [1.807, 2.05) is 11.9 Å². The molecule has 0 aliphatic carbocycles. The number of carbonyl (C=O) groups is 3. The Hall–Kier alpha value is -3.38. The van der Waals surface area contributed by atoms with E-state index in [0.29, 0.717) is 30.6 Å². The fourth-order valence-corrected chi connectivity index (χ4v) is 5.36. The van der Waals surface area contributed by atoms with E-state index in [0.717, 1.165) is 0 Å². The second-order valence-electron chi connectivity index (χ2n) is 10.0. The van der Waals surface area contributed by atoms with Crippen molar-refractivity contribution in [2.45, 2.75) is 62.5 Å². The van der Waals surface area contributed by atoms with Crippen molar-refractivity contribution in [1.29, 1.82) is 0 Å². The van der Waals surface area contributed by atoms with Crippen LogP contribution in [0.25, 0.3) is 11.3 Å². The second kappa shape index (κ2) is 9.58. The molecule has 1 aromatic heterocycles. The second-order valence-corrected chi connectivity index (χ2v) is 10.0. The maximum atomic E-state index is 13.7. The number of rotatable bonds is 2. The monoisotopic (exact) mass is 499 g/mol. The summed E-state index contributed by atoms with van der Waals surface area (Å²) < 4.78 is 14.9. The molecule has 3 aliphatic heterocycles. The van der Waals surface area contributed by atoms with Gasteiger partial charge in [0, 0.05) is 31.1 Å². The van der Waals surface area contributed by atoms with E-state index in [1.165, 1.54) is 12.1 Å². The van der Waals surface area contributed by atoms with Gasteiger partial charge in [-0.25, -0.2) is 9.07 Å². The highest BCUT2D eigenvalue weighted by Crippen LogP contribution is 2.31. The molecular weight excluding hydrogens is 469 g/mol. The minimum atomic E-state index is -1.06. The number of fused-ring (bicyclic) bond motifs is 3. The molecular formula is C24H30FN7O4. The van der Waals surface area contributed by atoms with Crippen LogP contribution in [-0.4, -0.2) is 98.0 Å². The first kappa shape index (κ1) is 24.3. The quantitative estimate of drug-likeness (QED) is 0.516. The van der Waals surface area contributed by atoms with Crippen molar-refractivity contribution in [2.24, 2.45) is 0 Å². The molecule has 4 heterocycles. The van der Waals surface area contributed by atoms with E-state index in [1.54, 1.807) is 34.8 Å². The molecule has 0 spiro atoms. The third-order valence-electron chi connectivity index (χ3n) is 7.43. The van der Waals surface area contributed by atoms with Crippen LogP contribution < -0.4 is 10.6 Å². The summed E-state index contributed by atoms with van der Waals surface area (Å²) in [5, 5.41) is 24.6. The summed E-state index contributed by atoms with van der Waals surface area (Å²) in [6.45, 7) is 2.41. The lowest BCUT2D eigenvalue weighted by Gasteiger charge is -2.30. The molecule has 3 aliphatic rings. The largest absolute Gasteiger partial charge is 0.390 e. The molecule has 3 saturated heterocycles. The van der Waals surface area contributed by atoms with Crippen LogP contribution in [0.15, 0.2) is 30.5 Å². The highest BCUT2D eigenvalue weighted by Gasteiger charge is 2.46. The minimum Gasteiger partial charge on any atom is -0.390 e. The van der Waals surface area contributed by atoms with Crippen LogP contribution in [-0.2, 0) is 14.4 Å². The average Bonchev–Trinajstić information content (AvgIpc) is 3.56. The number of likely N-dealkylation sites (tertiary alicyclic amines) is 1. The Bertz CT molecular complexity index is 1160. The van der Waals surface area contributed by atoms with Crippen LogP contribution in [0.1, 0.15) is 32.2 Å². The Kier molecular flexibility index (Phi) is 6.47. The lowest BCUT2D eigenvalue weighted by Crippen LogP contribution is -2.54. The molecule has 3 N–H and O–H groups in total. The Morgan fingerprint density at radius 1 is 1.06 bits per heavy atom. The van der Waals surface area contributed by atoms with Gasteiger partial charge in [-0.05, 0) is 44.7 Å². The average molecular weight is 500 g/mol. The summed E-state index contributed by atoms with van der Waals surface area (Å²) in [5.41, 5.74) is 1.27. The highest BCUT2D eigenvalue weighted by atomic mass is 19.1. The van der Waals surface area contributed by atoms with Gasteiger partial charge in [0.25, 0.3) is 0 Å². The molecule has 2 bridgehead atoms. The first-order valence-corrected chi connectivity index (χ1v) is 12.2. The van der Waals surface area contributed by atoms with Crippen LogP contribution in [0, 0.1) is 5.82 Å². The summed E-state index contributed by atoms with van der Waals surface area (Å²) in [6.07, 6.45) is 1.30. The van der Waals surface area contributed by atoms with E-state index < -0.39 is 24.2 Å². The Morgan fingerprint density at radius 2 is 1.81 bits per heavy atom. The molecule has 6 atom stereocenters. The van der Waals surface area contributed by atoms with Gasteiger partial charge in [0.05, 0.1) is 36.8 Å². The third-order valence-corrected chi connectivity index (χ3v) is 7.43. The first-order chi connectivity index (χ1) is 17.2. The normalized spacial score (nSPS) is 31.8. The SMILES string of the molecule is C[C@@H]1NC(=O)[C@@H]2C[C@H](n3cc(-c4ccc(F)cc4)nn3)CN2C(=O)[C@@H]2C[C@@H](CN2C)NC(=O)C[C@@H]1O. The molecule has 0 unspecified atom stereocenters. The van der Waals surface area contributed by atoms with Gasteiger partial charge in [-0.15, -0.1) is 5.10 Å². The van der Waals surface area contributed by atoms with E-state index in [9.17, 15) is 23.9 Å². The number of aromatic nitrogens is 3. The molecule has 3 amide bonds. The number of aliphatic hydroxyl groups excluding tert-OH is 1. The standard InChI is InChI=1S/C24H30FN7O4/c1-13-21(33)9-22(34)27-16-7-20(30(2)10-16)24(36)31-11-17(8-19(31)23(35)26-13)32-12-18(28-29-32)14-3-5-15(25)6-4-14/h3-6,12-13,16-17,19-21,33H,7-11H2,1-2H3,(H,26,35)(H,27,34)/t13-,16-,17-,19-,20-,21-/m0/s1. The van der Waals surface area contributed by atoms with Crippen molar-refractivity contribution < 1.29 is 23.9 Å². The van der Waals surface area contributed by atoms with Gasteiger partial charge in [0.15, 0.2) is 0 Å². The molecule has 11 nitrogen and oxygen atoms in total. The predicted octanol–water partition coefficient (Wildman–Crippen LogP) is -0.316. The van der Waals surface area contributed by atoms with Gasteiger partial charge < -0.3 is 20.6 Å². The number of nitrogens with one attached hydrogen (secondary N) is 2. The molecule has 192 valence electrons. The zero-order chi connectivity index (χ0) is 25.6. The number of nitrogens with zero attached hydrogens (tertiary/aromatic N) is 5. The lowest BCUT2D eigenvalue weighted by molar-refractivity contribution is -0.142. The van der Waals surface area contributed by atoms with Gasteiger partial charge in [0.1, 0.15) is 17.6 Å². The summed E-state index contributed by atoms with van der Waals surface area (Å²) in [4.78, 5) is 42.8. The third kappa shape index (κ3) is 4.70. The van der Waals surface area contributed by atoms with Crippen LogP contribution in [0.2, 0.25) is 0 Å². The van der Waals surface area contributed by atoms with Gasteiger partial charge in [0.2, 0.25) is 17.7 Å². The fourth-order valence-electron chi connectivity index (χ4n) is 5.36. The zero-order valence-corrected chi connectivity index (χ0v) is 20.2. The molecule has 12 heteroatoms. The van der Waals surface area contributed by atoms with Gasteiger partial charge in [-0.3, -0.25) is 19.3 Å². The van der Waals surface area contributed by atoms with Crippen LogP contribution >= 0.6 is 0 Å². The Labute approximate surface area is 207 Å². The fraction of sp³-hybridized carbons (Fsp3) is 0.542. The number of hydrogen-bond donors (Lipinski definition) is 3. The number of amides is 3. The highest BCUT2D eigenvalue weighted by molar-refractivity contribution is 5.91. The zero-order valence-electron chi connectivity index (χ0n) is 20.2. The van der Waals surface area contributed by atoms with Crippen LogP contribution in [0.3, 0.4) is 0 Å². The summed E-state index contributed by atoms with van der Waals surface area (Å²) in [6, 6.07) is 3.53. The van der Waals surface area contributed by atoms with Crippen molar-refractivity contribution >= 4 is 17.7 Å². The molecule has 36 heavy (non-hydrogen) atoms. The maximum absolute atomic E-state index is 13.7. The first-order valence-electron chi connectivity index (χ1n) is 12.2. The smallest absolute Gasteiger partial charge is 0.243 e. The minimum absolute atomic E-state index is 0.137. The molecule has 1 aromatic carbocycles. The number of aliphatic hydroxyl groups is 1. The number of likely N-dealkylation sites (N-methyl/N-ethyl adjacent to an activating group) is 1. The van der Waals surface area contributed by atoms with Crippen molar-refractivity contribution in [3.8, 4) is 11.3 Å². The Morgan fingerprint density at radius 3 is 2.56 bits per heavy atom. The van der Waals surface area contributed by atoms with Gasteiger partial charge >= 0.3 is 0 Å². The van der Waals surface area contributed by atoms with E-state index in [-0.39, 0.29) is 48.6 Å². The summed E-state index contributed by atoms with van der Waals surface area (Å²) >= 11 is 0. The number of benzene rings is 1. The van der Waals surface area contributed by atoms with Gasteiger partial charge in [-0.1, -0.05) is 5.21 Å². The molecule has 5 rings (SSSR count). The number of carbonyl (C=O) groups excluding carboxylic acids is 3. The van der Waals surface area contributed by atoms with E-state index in [4.69, 9.17) is 0 Å². The molecule has 2 aromatic rings. The summed E-state index contributed by atoms with van der Waals surface area (Å²) in [5.74, 6) is -1.21. The molecule has 0 radical (unpaired) electrons. The maximum Gasteiger partial charge on any atom is 0.243 e. The molecule has 0 saturated carbocycles. The van der Waals surface area contributed by atoms with Crippen LogP contribution in [0.4, 0.5) is 4.39 Å². The Balaban J connectivity index is 1.41. The van der Waals surface area contributed by atoms with Crippen molar-refractivity contribution in [1.82, 2.24) is 35.4 Å². The van der Waals surface area contributed by atoms with E-state index >= 15 is 0 Å². The number of hydrogen-bond acceptors (Lipinski definition) is 7. The van der Waals surface area contributed by atoms with Crippen molar-refractivity contribution in [3.05, 3.63) is 36.3 Å².